The number of alkyl halides is 1. The summed E-state index contributed by atoms with van der Waals surface area (Å²) in [4.78, 5) is 27.7. The molecule has 1 amide bonds. The van der Waals surface area contributed by atoms with Gasteiger partial charge in [-0.05, 0) is 30.9 Å². The van der Waals surface area contributed by atoms with Gasteiger partial charge in [0.05, 0.1) is 17.6 Å². The van der Waals surface area contributed by atoms with Crippen LogP contribution in [0.1, 0.15) is 49.6 Å². The van der Waals surface area contributed by atoms with Gasteiger partial charge >= 0.3 is 0 Å². The molecule has 1 fully saturated rings. The third kappa shape index (κ3) is 4.42. The number of pyridine rings is 1. The van der Waals surface area contributed by atoms with Gasteiger partial charge in [-0.1, -0.05) is 13.8 Å². The maximum atomic E-state index is 14.3. The summed E-state index contributed by atoms with van der Waals surface area (Å²) < 4.78 is 27.4. The van der Waals surface area contributed by atoms with E-state index in [0.29, 0.717) is 41.9 Å². The summed E-state index contributed by atoms with van der Waals surface area (Å²) in [5, 5.41) is 13.3. The molecule has 5 rings (SSSR count). The van der Waals surface area contributed by atoms with Crippen molar-refractivity contribution in [2.45, 2.75) is 57.7 Å². The Kier molecular flexibility index (Phi) is 5.84. The molecule has 1 saturated heterocycles. The van der Waals surface area contributed by atoms with Gasteiger partial charge in [-0.15, -0.1) is 0 Å². The van der Waals surface area contributed by atoms with Crippen molar-refractivity contribution in [1.82, 2.24) is 25.1 Å². The van der Waals surface area contributed by atoms with E-state index in [-0.39, 0.29) is 24.7 Å². The fourth-order valence-corrected chi connectivity index (χ4v) is 4.41. The van der Waals surface area contributed by atoms with Crippen LogP contribution >= 0.6 is 0 Å². The molecular formula is C23H26F2N8O. The number of hydrogen-bond donors (Lipinski definition) is 3. The van der Waals surface area contributed by atoms with Gasteiger partial charge in [-0.2, -0.15) is 14.5 Å². The molecule has 0 saturated carbocycles. The van der Waals surface area contributed by atoms with Gasteiger partial charge in [0.15, 0.2) is 5.82 Å². The van der Waals surface area contributed by atoms with Gasteiger partial charge in [0.2, 0.25) is 17.8 Å². The van der Waals surface area contributed by atoms with Crippen molar-refractivity contribution in [1.29, 1.82) is 0 Å². The zero-order valence-electron chi connectivity index (χ0n) is 19.0. The second kappa shape index (κ2) is 8.96. The summed E-state index contributed by atoms with van der Waals surface area (Å²) >= 11 is 0. The standard InChI is InChI=1S/C23H26F2N8O/c1-12(2)16-10-20(32-31-16)29-21-15-8-13(24)9-17(15)28-23(30-21)33-7-3-4-18(33)22(34)27-14-5-6-19(25)26-11-14/h5-6,10-13,18H,3-4,7-9H2,1-2H3,(H,27,34)(H2,28,29,30,31,32). The highest BCUT2D eigenvalue weighted by molar-refractivity contribution is 5.96. The van der Waals surface area contributed by atoms with Gasteiger partial charge < -0.3 is 15.5 Å². The van der Waals surface area contributed by atoms with Crippen LogP contribution in [0.4, 0.5) is 32.1 Å². The summed E-state index contributed by atoms with van der Waals surface area (Å²) in [6.45, 7) is 4.72. The quantitative estimate of drug-likeness (QED) is 0.474. The summed E-state index contributed by atoms with van der Waals surface area (Å²) in [5.74, 6) is 0.903. The SMILES string of the molecule is CC(C)c1cc(Nc2nc(N3CCCC3C(=O)Nc3ccc(F)nc3)nc3c2CC(F)C3)n[nH]1. The first-order chi connectivity index (χ1) is 16.4. The number of hydrogen-bond acceptors (Lipinski definition) is 7. The molecule has 4 heterocycles. The number of nitrogens with one attached hydrogen (secondary N) is 3. The fourth-order valence-electron chi connectivity index (χ4n) is 4.41. The maximum absolute atomic E-state index is 14.3. The van der Waals surface area contributed by atoms with E-state index in [1.54, 1.807) is 0 Å². The highest BCUT2D eigenvalue weighted by Crippen LogP contribution is 2.34. The summed E-state index contributed by atoms with van der Waals surface area (Å²) in [5.41, 5.74) is 2.77. The van der Waals surface area contributed by atoms with Crippen LogP contribution in [-0.4, -0.2) is 49.8 Å². The Labute approximate surface area is 195 Å². The Morgan fingerprint density at radius 1 is 1.26 bits per heavy atom. The molecule has 3 aromatic rings. The molecule has 0 spiro atoms. The van der Waals surface area contributed by atoms with Crippen molar-refractivity contribution in [3.63, 3.8) is 0 Å². The molecule has 1 aliphatic carbocycles. The average molecular weight is 469 g/mol. The van der Waals surface area contributed by atoms with E-state index in [1.807, 2.05) is 11.0 Å². The third-order valence-electron chi connectivity index (χ3n) is 6.19. The number of halogens is 2. The first-order valence-corrected chi connectivity index (χ1v) is 11.4. The smallest absolute Gasteiger partial charge is 0.247 e. The Balaban J connectivity index is 1.42. The van der Waals surface area contributed by atoms with Gasteiger partial charge in [0.25, 0.3) is 0 Å². The molecular weight excluding hydrogens is 442 g/mol. The molecule has 178 valence electrons. The second-order valence-electron chi connectivity index (χ2n) is 9.00. The molecule has 0 radical (unpaired) electrons. The van der Waals surface area contributed by atoms with E-state index in [4.69, 9.17) is 4.98 Å². The monoisotopic (exact) mass is 468 g/mol. The zero-order chi connectivity index (χ0) is 23.8. The van der Waals surface area contributed by atoms with Crippen LogP contribution < -0.4 is 15.5 Å². The minimum atomic E-state index is -1.02. The van der Waals surface area contributed by atoms with Crippen LogP contribution in [0.25, 0.3) is 0 Å². The van der Waals surface area contributed by atoms with E-state index < -0.39 is 18.2 Å². The number of H-pyrrole nitrogens is 1. The largest absolute Gasteiger partial charge is 0.329 e. The molecule has 9 nitrogen and oxygen atoms in total. The molecule has 2 aliphatic rings. The zero-order valence-corrected chi connectivity index (χ0v) is 19.0. The van der Waals surface area contributed by atoms with Crippen LogP contribution in [0.2, 0.25) is 0 Å². The lowest BCUT2D eigenvalue weighted by atomic mass is 10.1. The number of rotatable bonds is 6. The van der Waals surface area contributed by atoms with Crippen LogP contribution in [-0.2, 0) is 17.6 Å². The third-order valence-corrected chi connectivity index (χ3v) is 6.19. The van der Waals surface area contributed by atoms with Crippen molar-refractivity contribution in [3.05, 3.63) is 47.3 Å². The molecule has 2 atom stereocenters. The average Bonchev–Trinajstić information content (AvgIpc) is 3.54. The first-order valence-electron chi connectivity index (χ1n) is 11.4. The highest BCUT2D eigenvalue weighted by atomic mass is 19.1. The van der Waals surface area contributed by atoms with Gasteiger partial charge in [0.1, 0.15) is 18.0 Å². The van der Waals surface area contributed by atoms with Crippen LogP contribution in [0.15, 0.2) is 24.4 Å². The van der Waals surface area contributed by atoms with E-state index in [1.165, 1.54) is 18.3 Å². The number of fused-ring (bicyclic) bond motifs is 1. The second-order valence-corrected chi connectivity index (χ2v) is 9.00. The minimum Gasteiger partial charge on any atom is -0.329 e. The van der Waals surface area contributed by atoms with E-state index >= 15 is 0 Å². The van der Waals surface area contributed by atoms with E-state index in [0.717, 1.165) is 17.7 Å². The predicted octanol–water partition coefficient (Wildman–Crippen LogP) is 3.65. The maximum Gasteiger partial charge on any atom is 0.247 e. The first kappa shape index (κ1) is 22.2. The Morgan fingerprint density at radius 2 is 2.12 bits per heavy atom. The lowest BCUT2D eigenvalue weighted by Gasteiger charge is -2.25. The number of aromatic amines is 1. The van der Waals surface area contributed by atoms with Crippen molar-refractivity contribution in [2.75, 3.05) is 22.1 Å². The van der Waals surface area contributed by atoms with Gasteiger partial charge in [-0.3, -0.25) is 9.89 Å². The molecule has 1 aliphatic heterocycles. The topological polar surface area (TPSA) is 112 Å². The summed E-state index contributed by atoms with van der Waals surface area (Å²) in [6.07, 6.45) is 2.11. The van der Waals surface area contributed by atoms with Crippen LogP contribution in [0.3, 0.4) is 0 Å². The fraction of sp³-hybridized carbons (Fsp3) is 0.435. The highest BCUT2D eigenvalue weighted by Gasteiger charge is 2.35. The summed E-state index contributed by atoms with van der Waals surface area (Å²) in [6, 6.07) is 4.06. The number of anilines is 4. The number of carbonyl (C=O) groups is 1. The molecule has 0 bridgehead atoms. The van der Waals surface area contributed by atoms with Crippen molar-refractivity contribution in [3.8, 4) is 0 Å². The number of amides is 1. The predicted molar refractivity (Wildman–Crippen MR) is 123 cm³/mol. The Morgan fingerprint density at radius 3 is 2.85 bits per heavy atom. The molecule has 3 N–H and O–H groups in total. The van der Waals surface area contributed by atoms with Crippen LogP contribution in [0, 0.1) is 5.95 Å². The van der Waals surface area contributed by atoms with E-state index in [2.05, 4.69) is 44.6 Å². The van der Waals surface area contributed by atoms with Crippen molar-refractivity contribution >= 4 is 29.2 Å². The van der Waals surface area contributed by atoms with E-state index in [9.17, 15) is 13.6 Å². The van der Waals surface area contributed by atoms with Gasteiger partial charge in [-0.25, -0.2) is 14.4 Å². The molecule has 2 unspecified atom stereocenters. The van der Waals surface area contributed by atoms with Gasteiger partial charge in [0, 0.05) is 36.7 Å². The lowest BCUT2D eigenvalue weighted by Crippen LogP contribution is -2.40. The number of aromatic nitrogens is 5. The van der Waals surface area contributed by atoms with Crippen molar-refractivity contribution in [2.24, 2.45) is 0 Å². The molecule has 0 aromatic carbocycles. The normalized spacial score (nSPS) is 19.5. The number of carbonyl (C=O) groups excluding carboxylic acids is 1. The number of nitrogens with zero attached hydrogens (tertiary/aromatic N) is 5. The Hall–Kier alpha value is -3.63. The minimum absolute atomic E-state index is 0.212. The Bertz CT molecular complexity index is 1200. The lowest BCUT2D eigenvalue weighted by molar-refractivity contribution is -0.117. The van der Waals surface area contributed by atoms with Crippen molar-refractivity contribution < 1.29 is 13.6 Å². The van der Waals surface area contributed by atoms with Crippen LogP contribution in [0.5, 0.6) is 0 Å². The molecule has 34 heavy (non-hydrogen) atoms. The molecule has 3 aromatic heterocycles. The molecule has 11 heteroatoms. The summed E-state index contributed by atoms with van der Waals surface area (Å²) in [7, 11) is 0.